The Bertz CT molecular complexity index is 2620. The van der Waals surface area contributed by atoms with Crippen molar-refractivity contribution in [2.24, 2.45) is 0 Å². The Labute approximate surface area is 255 Å². The van der Waals surface area contributed by atoms with Gasteiger partial charge in [0.25, 0.3) is 0 Å². The summed E-state index contributed by atoms with van der Waals surface area (Å²) < 4.78 is 6.81. The molecule has 0 saturated heterocycles. The maximum absolute atomic E-state index is 6.81. The van der Waals surface area contributed by atoms with E-state index in [0.29, 0.717) is 0 Å². The van der Waals surface area contributed by atoms with Crippen LogP contribution in [0.3, 0.4) is 0 Å². The van der Waals surface area contributed by atoms with Crippen LogP contribution in [0.1, 0.15) is 25.0 Å². The Hall–Kier alpha value is -5.40. The molecule has 8 aromatic carbocycles. The quantitative estimate of drug-likeness (QED) is 0.192. The van der Waals surface area contributed by atoms with E-state index in [1.54, 1.807) is 0 Å². The van der Waals surface area contributed by atoms with Gasteiger partial charge in [0.2, 0.25) is 0 Å². The normalized spacial score (nSPS) is 13.9. The van der Waals surface area contributed by atoms with Gasteiger partial charge in [-0.25, -0.2) is 0 Å². The lowest BCUT2D eigenvalue weighted by Gasteiger charge is -2.21. The third-order valence-corrected chi connectivity index (χ3v) is 10.2. The van der Waals surface area contributed by atoms with E-state index in [9.17, 15) is 0 Å². The summed E-state index contributed by atoms with van der Waals surface area (Å²) in [6.45, 7) is 4.68. The molecule has 10 rings (SSSR count). The van der Waals surface area contributed by atoms with Gasteiger partial charge >= 0.3 is 0 Å². The molecule has 1 nitrogen and oxygen atoms in total. The number of hydrogen-bond acceptors (Lipinski definition) is 1. The highest BCUT2D eigenvalue weighted by molar-refractivity contribution is 6.28. The number of hydrogen-bond donors (Lipinski definition) is 0. The fourth-order valence-electron chi connectivity index (χ4n) is 8.20. The van der Waals surface area contributed by atoms with Gasteiger partial charge in [-0.3, -0.25) is 0 Å². The molecule has 206 valence electrons. The minimum Gasteiger partial charge on any atom is -0.455 e. The van der Waals surface area contributed by atoms with Gasteiger partial charge in [-0.05, 0) is 77.3 Å². The summed E-state index contributed by atoms with van der Waals surface area (Å²) in [5, 5.41) is 10.1. The maximum Gasteiger partial charge on any atom is 0.143 e. The molecule has 0 amide bonds. The third-order valence-electron chi connectivity index (χ3n) is 10.2. The summed E-state index contributed by atoms with van der Waals surface area (Å²) in [5.41, 5.74) is 12.1. The molecule has 9 aromatic rings. The predicted molar refractivity (Wildman–Crippen MR) is 186 cm³/mol. The van der Waals surface area contributed by atoms with Crippen molar-refractivity contribution in [1.82, 2.24) is 0 Å². The van der Waals surface area contributed by atoms with Crippen molar-refractivity contribution in [1.29, 1.82) is 0 Å². The fraction of sp³-hybridized carbons (Fsp3) is 0.0698. The molecular formula is C43H28O. The smallest absolute Gasteiger partial charge is 0.143 e. The molecule has 0 atom stereocenters. The lowest BCUT2D eigenvalue weighted by molar-refractivity contribution is 0.657. The summed E-state index contributed by atoms with van der Waals surface area (Å²) in [5.74, 6) is 0. The minimum absolute atomic E-state index is 0.0496. The van der Waals surface area contributed by atoms with Crippen molar-refractivity contribution in [3.05, 3.63) is 145 Å². The zero-order chi connectivity index (χ0) is 29.2. The first-order valence-electron chi connectivity index (χ1n) is 15.4. The Morgan fingerprint density at radius 3 is 1.89 bits per heavy atom. The van der Waals surface area contributed by atoms with Crippen LogP contribution in [0.25, 0.3) is 87.6 Å². The molecule has 1 aliphatic carbocycles. The maximum atomic E-state index is 6.81. The van der Waals surface area contributed by atoms with Crippen molar-refractivity contribution < 1.29 is 4.42 Å². The molecule has 0 radical (unpaired) electrons. The largest absolute Gasteiger partial charge is 0.455 e. The second-order valence-corrected chi connectivity index (χ2v) is 12.8. The van der Waals surface area contributed by atoms with Crippen LogP contribution >= 0.6 is 0 Å². The highest BCUT2D eigenvalue weighted by Crippen LogP contribution is 2.53. The van der Waals surface area contributed by atoms with Crippen LogP contribution in [-0.2, 0) is 5.41 Å². The van der Waals surface area contributed by atoms with Gasteiger partial charge in [0, 0.05) is 21.8 Å². The Balaban J connectivity index is 1.28. The van der Waals surface area contributed by atoms with Gasteiger partial charge in [0.1, 0.15) is 11.2 Å². The van der Waals surface area contributed by atoms with Crippen LogP contribution in [0.5, 0.6) is 0 Å². The van der Waals surface area contributed by atoms with E-state index >= 15 is 0 Å². The highest BCUT2D eigenvalue weighted by atomic mass is 16.3. The first kappa shape index (κ1) is 24.1. The van der Waals surface area contributed by atoms with E-state index < -0.39 is 0 Å². The zero-order valence-electron chi connectivity index (χ0n) is 24.6. The molecule has 0 aliphatic heterocycles. The van der Waals surface area contributed by atoms with Crippen LogP contribution in [-0.4, -0.2) is 0 Å². The van der Waals surface area contributed by atoms with Crippen LogP contribution in [0, 0.1) is 0 Å². The monoisotopic (exact) mass is 560 g/mol. The van der Waals surface area contributed by atoms with Gasteiger partial charge in [0.05, 0.1) is 0 Å². The Morgan fingerprint density at radius 1 is 0.432 bits per heavy atom. The molecular weight excluding hydrogens is 532 g/mol. The standard InChI is InChI=1S/C43H28O/c1-43(2)35-14-7-6-11-33(35)40-36(43)23-24-37-41(40)34-13-8-12-32(42(34)44-37)29-20-16-27-17-21-30-28(25-9-4-3-5-10-25)19-15-26-18-22-31(29)39(27)38(26)30/h3-24H,1-2H3. The van der Waals surface area contributed by atoms with E-state index in [2.05, 4.69) is 147 Å². The number of fused-ring (bicyclic) bond motifs is 7. The van der Waals surface area contributed by atoms with Crippen LogP contribution in [0.15, 0.2) is 138 Å². The molecule has 0 N–H and O–H groups in total. The fourth-order valence-corrected chi connectivity index (χ4v) is 8.20. The molecule has 0 spiro atoms. The van der Waals surface area contributed by atoms with Gasteiger partial charge in [-0.1, -0.05) is 141 Å². The van der Waals surface area contributed by atoms with Crippen molar-refractivity contribution in [3.63, 3.8) is 0 Å². The van der Waals surface area contributed by atoms with Crippen molar-refractivity contribution in [2.75, 3.05) is 0 Å². The van der Waals surface area contributed by atoms with Gasteiger partial charge in [-0.15, -0.1) is 0 Å². The van der Waals surface area contributed by atoms with Crippen LogP contribution in [0.4, 0.5) is 0 Å². The number of rotatable bonds is 2. The molecule has 44 heavy (non-hydrogen) atoms. The summed E-state index contributed by atoms with van der Waals surface area (Å²) in [7, 11) is 0. The van der Waals surface area contributed by atoms with Crippen LogP contribution in [0.2, 0.25) is 0 Å². The van der Waals surface area contributed by atoms with Crippen molar-refractivity contribution >= 4 is 54.3 Å². The van der Waals surface area contributed by atoms with E-state index in [0.717, 1.165) is 16.7 Å². The number of furan rings is 1. The molecule has 1 heteroatoms. The lowest BCUT2D eigenvalue weighted by atomic mass is 9.82. The summed E-state index contributed by atoms with van der Waals surface area (Å²) in [4.78, 5) is 0. The molecule has 1 heterocycles. The van der Waals surface area contributed by atoms with E-state index in [1.165, 1.54) is 82.0 Å². The highest BCUT2D eigenvalue weighted by Gasteiger charge is 2.37. The first-order chi connectivity index (χ1) is 21.6. The van der Waals surface area contributed by atoms with Gasteiger partial charge < -0.3 is 4.42 Å². The zero-order valence-corrected chi connectivity index (χ0v) is 24.6. The van der Waals surface area contributed by atoms with Gasteiger partial charge in [0.15, 0.2) is 0 Å². The minimum atomic E-state index is -0.0496. The second kappa shape index (κ2) is 8.36. The molecule has 0 unspecified atom stereocenters. The summed E-state index contributed by atoms with van der Waals surface area (Å²) >= 11 is 0. The number of benzene rings is 8. The molecule has 0 fully saturated rings. The topological polar surface area (TPSA) is 13.1 Å². The van der Waals surface area contributed by atoms with Crippen molar-refractivity contribution in [3.8, 4) is 33.4 Å². The molecule has 0 bridgehead atoms. The summed E-state index contributed by atoms with van der Waals surface area (Å²) in [6, 6.07) is 49.0. The van der Waals surface area contributed by atoms with E-state index in [-0.39, 0.29) is 5.41 Å². The molecule has 1 aliphatic rings. The average Bonchev–Trinajstić information content (AvgIpc) is 3.56. The SMILES string of the molecule is CC1(C)c2ccccc2-c2c1ccc1oc3c(-c4ccc5ccc6c(-c7ccccc7)ccc7ccc4c5c76)cccc3c21. The third kappa shape index (κ3) is 2.99. The molecule has 1 aromatic heterocycles. The predicted octanol–water partition coefficient (Wildman–Crippen LogP) is 12.1. The van der Waals surface area contributed by atoms with E-state index in [4.69, 9.17) is 4.42 Å². The average molecular weight is 561 g/mol. The van der Waals surface area contributed by atoms with Crippen molar-refractivity contribution in [2.45, 2.75) is 19.3 Å². The van der Waals surface area contributed by atoms with Crippen LogP contribution < -0.4 is 0 Å². The Kier molecular flexibility index (Phi) is 4.58. The summed E-state index contributed by atoms with van der Waals surface area (Å²) in [6.07, 6.45) is 0. The second-order valence-electron chi connectivity index (χ2n) is 12.8. The molecule has 0 saturated carbocycles. The lowest BCUT2D eigenvalue weighted by Crippen LogP contribution is -2.14. The Morgan fingerprint density at radius 2 is 1.09 bits per heavy atom. The van der Waals surface area contributed by atoms with Gasteiger partial charge in [-0.2, -0.15) is 0 Å². The number of para-hydroxylation sites is 1. The van der Waals surface area contributed by atoms with E-state index in [1.807, 2.05) is 0 Å². The first-order valence-corrected chi connectivity index (χ1v) is 15.4.